The van der Waals surface area contributed by atoms with Crippen LogP contribution in [0.5, 0.6) is 0 Å². The van der Waals surface area contributed by atoms with E-state index < -0.39 is 40.6 Å². The van der Waals surface area contributed by atoms with Gasteiger partial charge in [0.05, 0.1) is 10.1 Å². The Morgan fingerprint density at radius 3 is 2.18 bits per heavy atom. The predicted molar refractivity (Wildman–Crippen MR) is 185 cm³/mol. The summed E-state index contributed by atoms with van der Waals surface area (Å²) in [7, 11) is 0. The molecule has 1 saturated heterocycles. The summed E-state index contributed by atoms with van der Waals surface area (Å²) in [5, 5.41) is 31.0. The van der Waals surface area contributed by atoms with Crippen LogP contribution in [0.3, 0.4) is 0 Å². The zero-order chi connectivity index (χ0) is 33.7. The second kappa shape index (κ2) is 14.5. The lowest BCUT2D eigenvalue weighted by atomic mass is 9.97. The fraction of sp³-hybridized carbons (Fsp3) is 0.147. The maximum absolute atomic E-state index is 14.6. The van der Waals surface area contributed by atoms with E-state index in [4.69, 9.17) is 4.74 Å². The molecule has 3 atom stereocenters. The molecule has 4 heterocycles. The second-order valence-electron chi connectivity index (χ2n) is 10.9. The fourth-order valence-electron chi connectivity index (χ4n) is 5.69. The molecule has 246 valence electrons. The average Bonchev–Trinajstić information content (AvgIpc) is 3.88. The number of hydrogen-bond donors (Lipinski definition) is 3. The number of benzene rings is 3. The maximum atomic E-state index is 14.6. The van der Waals surface area contributed by atoms with Crippen molar-refractivity contribution in [3.8, 4) is 0 Å². The number of aromatic amines is 1. The number of carbonyl (C=O) groups excluding carboxylic acids is 3. The zero-order valence-electron chi connectivity index (χ0n) is 25.4. The highest BCUT2D eigenvalue weighted by atomic mass is 32.2. The number of esters is 1. The van der Waals surface area contributed by atoms with E-state index in [9.17, 15) is 19.6 Å². The quantitative estimate of drug-likeness (QED) is 0.0427. The molecule has 5 aromatic rings. The maximum Gasteiger partial charge on any atom is 0.356 e. The van der Waals surface area contributed by atoms with Crippen LogP contribution in [0.15, 0.2) is 130 Å². The first kappa shape index (κ1) is 32.3. The summed E-state index contributed by atoms with van der Waals surface area (Å²) < 4.78 is 6.34. The van der Waals surface area contributed by atoms with Gasteiger partial charge in [-0.1, -0.05) is 114 Å². The number of thiophene rings is 1. The van der Waals surface area contributed by atoms with Gasteiger partial charge in [0, 0.05) is 5.75 Å². The number of oxime groups is 1. The molecule has 12 nitrogen and oxygen atoms in total. The monoisotopic (exact) mass is 709 g/mol. The number of rotatable bonds is 11. The van der Waals surface area contributed by atoms with Crippen molar-refractivity contribution >= 4 is 58.4 Å². The van der Waals surface area contributed by atoms with Crippen molar-refractivity contribution in [1.82, 2.24) is 30.8 Å². The SMILES string of the molecule is O=C(N[C@@H]1C(=O)N2C(C(=O)OC(c3ccccc3)c3ccccc3)=C(C(Sc3nn[nH]n3)c3ccccc3)CS[C@@H]12)C(=NO)c1cccs1. The number of hydrogen-bond acceptors (Lipinski definition) is 12. The van der Waals surface area contributed by atoms with Crippen LogP contribution >= 0.6 is 34.9 Å². The number of nitrogens with one attached hydrogen (secondary N) is 2. The van der Waals surface area contributed by atoms with E-state index in [1.54, 1.807) is 17.5 Å². The number of amides is 2. The minimum Gasteiger partial charge on any atom is -0.448 e. The molecule has 49 heavy (non-hydrogen) atoms. The first-order chi connectivity index (χ1) is 24.0. The number of ether oxygens (including phenoxy) is 1. The number of β-lactam (4-membered cyclic amide) rings is 1. The average molecular weight is 710 g/mol. The fourth-order valence-corrected chi connectivity index (χ4v) is 8.91. The number of fused-ring (bicyclic) bond motifs is 1. The largest absolute Gasteiger partial charge is 0.448 e. The lowest BCUT2D eigenvalue weighted by Gasteiger charge is -2.50. The zero-order valence-corrected chi connectivity index (χ0v) is 27.9. The number of nitrogens with zero attached hydrogens (tertiary/aromatic N) is 5. The molecule has 0 aliphatic carbocycles. The molecule has 0 radical (unpaired) electrons. The molecule has 1 fully saturated rings. The van der Waals surface area contributed by atoms with Crippen molar-refractivity contribution in [2.24, 2.45) is 5.16 Å². The third-order valence-electron chi connectivity index (χ3n) is 7.94. The summed E-state index contributed by atoms with van der Waals surface area (Å²) in [6.07, 6.45) is -0.766. The van der Waals surface area contributed by atoms with E-state index in [0.717, 1.165) is 16.7 Å². The van der Waals surface area contributed by atoms with Crippen LogP contribution in [0, 0.1) is 0 Å². The van der Waals surface area contributed by atoms with Crippen LogP contribution in [0.4, 0.5) is 0 Å². The van der Waals surface area contributed by atoms with Gasteiger partial charge in [0.25, 0.3) is 11.8 Å². The summed E-state index contributed by atoms with van der Waals surface area (Å²) in [5.74, 6) is -1.57. The summed E-state index contributed by atoms with van der Waals surface area (Å²) in [6.45, 7) is 0. The van der Waals surface area contributed by atoms with Gasteiger partial charge in [-0.15, -0.1) is 33.3 Å². The standard InChI is InChI=1S/C34H27N7O5S3/c42-30(25(38-45)24-17-10-18-47-24)35-26-31(43)41-27(33(44)46-28(20-11-4-1-5-12-20)21-13-6-2-7-14-21)23(19-48-32(26)41)29(22-15-8-3-9-16-22)49-34-36-39-40-37-34/h1-18,26,28-29,32,45H,19H2,(H,35,42)(H,36,37,39,40)/t26-,29?,32+/m1/s1. The summed E-state index contributed by atoms with van der Waals surface area (Å²) in [5.41, 5.74) is 2.90. The Kier molecular flexibility index (Phi) is 9.54. The molecule has 2 aliphatic heterocycles. The van der Waals surface area contributed by atoms with Crippen LogP contribution in [0.1, 0.15) is 32.9 Å². The number of aromatic nitrogens is 4. The van der Waals surface area contributed by atoms with Crippen LogP contribution in [0.25, 0.3) is 0 Å². The summed E-state index contributed by atoms with van der Waals surface area (Å²) >= 11 is 3.92. The molecule has 3 N–H and O–H groups in total. The molecule has 0 bridgehead atoms. The number of carbonyl (C=O) groups is 3. The lowest BCUT2D eigenvalue weighted by molar-refractivity contribution is -0.154. The summed E-state index contributed by atoms with van der Waals surface area (Å²) in [6, 6.07) is 30.7. The van der Waals surface area contributed by atoms with Crippen molar-refractivity contribution in [2.45, 2.75) is 27.9 Å². The Hall–Kier alpha value is -5.25. The van der Waals surface area contributed by atoms with Crippen molar-refractivity contribution in [3.63, 3.8) is 0 Å². The predicted octanol–water partition coefficient (Wildman–Crippen LogP) is 4.96. The highest BCUT2D eigenvalue weighted by Crippen LogP contribution is 2.49. The van der Waals surface area contributed by atoms with Crippen LogP contribution in [-0.4, -0.2) is 71.4 Å². The molecule has 1 unspecified atom stereocenters. The van der Waals surface area contributed by atoms with Gasteiger partial charge in [-0.25, -0.2) is 4.79 Å². The molecule has 2 aliphatic rings. The van der Waals surface area contributed by atoms with E-state index in [1.807, 2.05) is 91.0 Å². The number of thioether (sulfide) groups is 2. The van der Waals surface area contributed by atoms with E-state index in [1.165, 1.54) is 39.8 Å². The molecular weight excluding hydrogens is 683 g/mol. The molecule has 0 saturated carbocycles. The van der Waals surface area contributed by atoms with Crippen molar-refractivity contribution in [2.75, 3.05) is 5.75 Å². The molecule has 3 aromatic carbocycles. The third kappa shape index (κ3) is 6.60. The van der Waals surface area contributed by atoms with Crippen LogP contribution < -0.4 is 5.32 Å². The Morgan fingerprint density at radius 1 is 0.959 bits per heavy atom. The van der Waals surface area contributed by atoms with E-state index in [-0.39, 0.29) is 11.4 Å². The Labute approximate surface area is 292 Å². The van der Waals surface area contributed by atoms with Crippen LogP contribution in [-0.2, 0) is 19.1 Å². The normalized spacial score (nSPS) is 18.1. The minimum atomic E-state index is -0.974. The molecular formula is C34H27N7O5S3. The van der Waals surface area contributed by atoms with Crippen molar-refractivity contribution in [3.05, 3.63) is 141 Å². The van der Waals surface area contributed by atoms with Gasteiger partial charge in [-0.05, 0) is 38.9 Å². The molecule has 2 aromatic heterocycles. The summed E-state index contributed by atoms with van der Waals surface area (Å²) in [4.78, 5) is 43.6. The number of tetrazole rings is 1. The van der Waals surface area contributed by atoms with E-state index in [0.29, 0.717) is 21.4 Å². The van der Waals surface area contributed by atoms with Gasteiger partial charge in [0.15, 0.2) is 11.8 Å². The molecule has 2 amide bonds. The third-order valence-corrected chi connectivity index (χ3v) is 11.3. The van der Waals surface area contributed by atoms with Crippen molar-refractivity contribution in [1.29, 1.82) is 0 Å². The van der Waals surface area contributed by atoms with E-state index >= 15 is 0 Å². The van der Waals surface area contributed by atoms with Crippen LogP contribution in [0.2, 0.25) is 0 Å². The molecule has 15 heteroatoms. The van der Waals surface area contributed by atoms with Gasteiger partial charge in [-0.2, -0.15) is 5.21 Å². The Balaban J connectivity index is 1.27. The topological polar surface area (TPSA) is 163 Å². The first-order valence-corrected chi connectivity index (χ1v) is 17.8. The van der Waals surface area contributed by atoms with Gasteiger partial charge in [0.2, 0.25) is 5.16 Å². The highest BCUT2D eigenvalue weighted by molar-refractivity contribution is 8.01. The van der Waals surface area contributed by atoms with E-state index in [2.05, 4.69) is 31.1 Å². The Morgan fingerprint density at radius 2 is 1.61 bits per heavy atom. The Bertz CT molecular complexity index is 1950. The molecule has 0 spiro atoms. The smallest absolute Gasteiger partial charge is 0.356 e. The minimum absolute atomic E-state index is 0.0928. The van der Waals surface area contributed by atoms with Gasteiger partial charge < -0.3 is 15.3 Å². The van der Waals surface area contributed by atoms with Gasteiger partial charge in [0.1, 0.15) is 17.1 Å². The lowest BCUT2D eigenvalue weighted by Crippen LogP contribution is -2.71. The molecule has 7 rings (SSSR count). The number of H-pyrrole nitrogens is 1. The van der Waals surface area contributed by atoms with Crippen molar-refractivity contribution < 1.29 is 24.3 Å². The van der Waals surface area contributed by atoms with Gasteiger partial charge >= 0.3 is 5.97 Å². The highest BCUT2D eigenvalue weighted by Gasteiger charge is 2.55. The first-order valence-electron chi connectivity index (χ1n) is 15.0. The van der Waals surface area contributed by atoms with Gasteiger partial charge in [-0.3, -0.25) is 14.5 Å². The second-order valence-corrected chi connectivity index (χ2v) is 14.0.